The molecule has 0 fully saturated rings. The fourth-order valence-electron chi connectivity index (χ4n) is 1.40. The first-order chi connectivity index (χ1) is 9.67. The predicted octanol–water partition coefficient (Wildman–Crippen LogP) is 3.95. The van der Waals surface area contributed by atoms with Crippen LogP contribution in [0.25, 0.3) is 0 Å². The first-order valence-corrected chi connectivity index (χ1v) is 6.59. The summed E-state index contributed by atoms with van der Waals surface area (Å²) in [4.78, 5) is 13.3. The fraction of sp³-hybridized carbons (Fsp3) is 0.353. The van der Waals surface area contributed by atoms with Crippen LogP contribution in [0.3, 0.4) is 0 Å². The zero-order chi connectivity index (χ0) is 16.0. The number of rotatable bonds is 2. The standard InChI is InChI=1S/C17H20FNO2/c1-13(2)12-19(16(20)21-17(3,4)5)11-10-14-6-8-15(18)9-7-14/h6-9H,1,12H2,2-5H3. The molecule has 0 aliphatic carbocycles. The topological polar surface area (TPSA) is 29.5 Å². The summed E-state index contributed by atoms with van der Waals surface area (Å²) < 4.78 is 18.1. The number of ether oxygens (including phenoxy) is 1. The summed E-state index contributed by atoms with van der Waals surface area (Å²) >= 11 is 0. The van der Waals surface area contributed by atoms with Gasteiger partial charge >= 0.3 is 6.09 Å². The van der Waals surface area contributed by atoms with Gasteiger partial charge in [-0.05, 0) is 57.9 Å². The first kappa shape index (κ1) is 16.8. The van der Waals surface area contributed by atoms with Gasteiger partial charge in [0.15, 0.2) is 0 Å². The highest BCUT2D eigenvalue weighted by molar-refractivity contribution is 5.71. The van der Waals surface area contributed by atoms with Gasteiger partial charge in [0.05, 0.1) is 6.54 Å². The van der Waals surface area contributed by atoms with Crippen molar-refractivity contribution < 1.29 is 13.9 Å². The number of amides is 1. The molecule has 112 valence electrons. The number of hydrogen-bond donors (Lipinski definition) is 0. The zero-order valence-corrected chi connectivity index (χ0v) is 12.9. The van der Waals surface area contributed by atoms with E-state index in [0.717, 1.165) is 5.57 Å². The van der Waals surface area contributed by atoms with Gasteiger partial charge in [-0.15, -0.1) is 0 Å². The monoisotopic (exact) mass is 289 g/mol. The van der Waals surface area contributed by atoms with Crippen LogP contribution < -0.4 is 0 Å². The van der Waals surface area contributed by atoms with Crippen molar-refractivity contribution in [2.75, 3.05) is 6.54 Å². The van der Waals surface area contributed by atoms with Crippen molar-refractivity contribution >= 4 is 6.09 Å². The Morgan fingerprint density at radius 1 is 1.33 bits per heavy atom. The van der Waals surface area contributed by atoms with Gasteiger partial charge < -0.3 is 4.74 Å². The van der Waals surface area contributed by atoms with E-state index in [9.17, 15) is 9.18 Å². The van der Waals surface area contributed by atoms with Crippen molar-refractivity contribution in [3.63, 3.8) is 0 Å². The van der Waals surface area contributed by atoms with Gasteiger partial charge in [0.25, 0.3) is 0 Å². The molecule has 3 nitrogen and oxygen atoms in total. The lowest BCUT2D eigenvalue weighted by atomic mass is 10.2. The number of hydrogen-bond acceptors (Lipinski definition) is 2. The third-order valence-corrected chi connectivity index (χ3v) is 2.22. The van der Waals surface area contributed by atoms with E-state index in [1.54, 1.807) is 39.8 Å². The second kappa shape index (κ2) is 6.94. The number of halogens is 1. The van der Waals surface area contributed by atoms with Crippen molar-refractivity contribution in [1.29, 1.82) is 0 Å². The Morgan fingerprint density at radius 3 is 2.38 bits per heavy atom. The van der Waals surface area contributed by atoms with Gasteiger partial charge in [-0.1, -0.05) is 12.2 Å². The summed E-state index contributed by atoms with van der Waals surface area (Å²) in [7, 11) is 0. The molecular weight excluding hydrogens is 269 g/mol. The van der Waals surface area contributed by atoms with Crippen molar-refractivity contribution in [2.45, 2.75) is 33.3 Å². The Bertz CT molecular complexity index is 574. The molecule has 0 bridgehead atoms. The normalized spacial score (nSPS) is 10.3. The molecule has 0 spiro atoms. The zero-order valence-electron chi connectivity index (χ0n) is 12.9. The van der Waals surface area contributed by atoms with E-state index in [4.69, 9.17) is 4.74 Å². The van der Waals surface area contributed by atoms with Crippen LogP contribution >= 0.6 is 0 Å². The maximum absolute atomic E-state index is 12.8. The third-order valence-electron chi connectivity index (χ3n) is 2.22. The lowest BCUT2D eigenvalue weighted by Gasteiger charge is -2.23. The van der Waals surface area contributed by atoms with Gasteiger partial charge in [0, 0.05) is 11.6 Å². The van der Waals surface area contributed by atoms with Crippen molar-refractivity contribution in [2.24, 2.45) is 0 Å². The molecular formula is C17H20FNO2. The third kappa shape index (κ3) is 6.62. The minimum atomic E-state index is -0.595. The van der Waals surface area contributed by atoms with Crippen LogP contribution in [0.5, 0.6) is 0 Å². The van der Waals surface area contributed by atoms with Crippen LogP contribution in [0.1, 0.15) is 33.3 Å². The Morgan fingerprint density at radius 2 is 1.90 bits per heavy atom. The number of benzene rings is 1. The number of carbonyl (C=O) groups excluding carboxylic acids is 1. The van der Waals surface area contributed by atoms with Gasteiger partial charge in [-0.2, -0.15) is 0 Å². The molecule has 1 aromatic rings. The molecule has 0 saturated carbocycles. The van der Waals surface area contributed by atoms with E-state index < -0.39 is 11.7 Å². The number of nitrogens with zero attached hydrogens (tertiary/aromatic N) is 1. The lowest BCUT2D eigenvalue weighted by molar-refractivity contribution is 0.0364. The van der Waals surface area contributed by atoms with E-state index in [-0.39, 0.29) is 12.4 Å². The maximum Gasteiger partial charge on any atom is 0.422 e. The molecule has 0 heterocycles. The van der Waals surface area contributed by atoms with Gasteiger partial charge in [-0.3, -0.25) is 0 Å². The number of carbonyl (C=O) groups is 1. The highest BCUT2D eigenvalue weighted by Gasteiger charge is 2.21. The molecule has 0 aliphatic rings. The minimum Gasteiger partial charge on any atom is -0.443 e. The summed E-state index contributed by atoms with van der Waals surface area (Å²) in [5, 5.41) is 0. The fourth-order valence-corrected chi connectivity index (χ4v) is 1.40. The van der Waals surface area contributed by atoms with E-state index in [1.165, 1.54) is 17.0 Å². The second-order valence-corrected chi connectivity index (χ2v) is 5.77. The van der Waals surface area contributed by atoms with Crippen LogP contribution in [0.4, 0.5) is 9.18 Å². The molecule has 4 heteroatoms. The van der Waals surface area contributed by atoms with Crippen LogP contribution in [-0.2, 0) is 4.74 Å². The minimum absolute atomic E-state index is 0.281. The summed E-state index contributed by atoms with van der Waals surface area (Å²) in [6, 6.07) is 8.48. The van der Waals surface area contributed by atoms with Crippen LogP contribution in [0.15, 0.2) is 36.4 Å². The largest absolute Gasteiger partial charge is 0.443 e. The molecule has 1 rings (SSSR count). The Kier molecular flexibility index (Phi) is 5.54. The average molecular weight is 289 g/mol. The lowest BCUT2D eigenvalue weighted by Crippen LogP contribution is -2.34. The Labute approximate surface area is 125 Å². The quantitative estimate of drug-likeness (QED) is 0.469. The van der Waals surface area contributed by atoms with E-state index >= 15 is 0 Å². The Hall–Kier alpha value is -2.28. The van der Waals surface area contributed by atoms with E-state index in [1.807, 2.05) is 0 Å². The van der Waals surface area contributed by atoms with Crippen LogP contribution in [0, 0.1) is 17.8 Å². The molecule has 0 N–H and O–H groups in total. The van der Waals surface area contributed by atoms with E-state index in [2.05, 4.69) is 18.5 Å². The summed E-state index contributed by atoms with van der Waals surface area (Å²) in [5.74, 6) is 2.48. The van der Waals surface area contributed by atoms with Crippen molar-refractivity contribution in [3.8, 4) is 12.0 Å². The van der Waals surface area contributed by atoms with Crippen LogP contribution in [-0.4, -0.2) is 23.1 Å². The summed E-state index contributed by atoms with van der Waals surface area (Å²) in [5.41, 5.74) is 0.808. The van der Waals surface area contributed by atoms with E-state index in [0.29, 0.717) is 5.56 Å². The molecule has 0 aromatic heterocycles. The Balaban J connectivity index is 2.91. The summed E-state index contributed by atoms with van der Waals surface area (Å²) in [6.45, 7) is 11.2. The molecule has 1 amide bonds. The summed E-state index contributed by atoms with van der Waals surface area (Å²) in [6.07, 6.45) is -0.528. The first-order valence-electron chi connectivity index (χ1n) is 6.59. The van der Waals surface area contributed by atoms with Gasteiger partial charge in [0.2, 0.25) is 0 Å². The smallest absolute Gasteiger partial charge is 0.422 e. The molecule has 0 unspecified atom stereocenters. The SMILES string of the molecule is C=C(C)CN(C#Cc1ccc(F)cc1)C(=O)OC(C)(C)C. The van der Waals surface area contributed by atoms with Crippen LogP contribution in [0.2, 0.25) is 0 Å². The molecule has 21 heavy (non-hydrogen) atoms. The molecule has 0 aliphatic heterocycles. The molecule has 0 saturated heterocycles. The van der Waals surface area contributed by atoms with Gasteiger partial charge in [0.1, 0.15) is 11.4 Å². The second-order valence-electron chi connectivity index (χ2n) is 5.77. The molecule has 1 aromatic carbocycles. The van der Waals surface area contributed by atoms with Crippen molar-refractivity contribution in [1.82, 2.24) is 4.90 Å². The molecule has 0 atom stereocenters. The highest BCUT2D eigenvalue weighted by Crippen LogP contribution is 2.10. The molecule has 0 radical (unpaired) electrons. The maximum atomic E-state index is 12.8. The van der Waals surface area contributed by atoms with Gasteiger partial charge in [-0.25, -0.2) is 14.1 Å². The highest BCUT2D eigenvalue weighted by atomic mass is 19.1. The van der Waals surface area contributed by atoms with Crippen molar-refractivity contribution in [3.05, 3.63) is 47.8 Å². The predicted molar refractivity (Wildman–Crippen MR) is 81.0 cm³/mol. The average Bonchev–Trinajstić information content (AvgIpc) is 2.33.